The molecule has 3 aromatic rings. The van der Waals surface area contributed by atoms with Crippen molar-refractivity contribution in [2.45, 2.75) is 32.4 Å². The van der Waals surface area contributed by atoms with Crippen LogP contribution in [0.2, 0.25) is 25.7 Å². The van der Waals surface area contributed by atoms with Crippen molar-refractivity contribution in [3.8, 4) is 0 Å². The van der Waals surface area contributed by atoms with Crippen molar-refractivity contribution >= 4 is 46.3 Å². The Hall–Kier alpha value is -1.74. The summed E-state index contributed by atoms with van der Waals surface area (Å²) in [7, 11) is 2.00. The minimum atomic E-state index is -1.09. The fourth-order valence-electron chi connectivity index (χ4n) is 2.65. The maximum atomic E-state index is 12.3. The van der Waals surface area contributed by atoms with Crippen molar-refractivity contribution in [1.82, 2.24) is 14.8 Å². The third-order valence-electron chi connectivity index (χ3n) is 4.30. The summed E-state index contributed by atoms with van der Waals surface area (Å²) in [5.74, 6) is -0.149. The molecule has 0 saturated heterocycles. The van der Waals surface area contributed by atoms with E-state index in [9.17, 15) is 4.79 Å². The maximum Gasteiger partial charge on any atom is 0.287 e. The van der Waals surface area contributed by atoms with Crippen molar-refractivity contribution in [2.24, 2.45) is 0 Å². The van der Waals surface area contributed by atoms with Crippen LogP contribution in [-0.2, 0) is 16.3 Å². The lowest BCUT2D eigenvalue weighted by Gasteiger charge is -2.15. The van der Waals surface area contributed by atoms with Gasteiger partial charge in [0.15, 0.2) is 0 Å². The Morgan fingerprint density at radius 1 is 1.31 bits per heavy atom. The molecule has 3 rings (SSSR count). The van der Waals surface area contributed by atoms with Crippen LogP contribution in [0.4, 0.5) is 0 Å². The Labute approximate surface area is 158 Å². The van der Waals surface area contributed by atoms with Crippen molar-refractivity contribution in [2.75, 3.05) is 20.8 Å². The topological polar surface area (TPSA) is 56.6 Å². The van der Waals surface area contributed by atoms with Gasteiger partial charge >= 0.3 is 0 Å². The molecular weight excluding hydrogens is 366 g/mol. The van der Waals surface area contributed by atoms with E-state index < -0.39 is 8.07 Å². The van der Waals surface area contributed by atoms with Gasteiger partial charge in [0.2, 0.25) is 0 Å². The Balaban J connectivity index is 1.83. The zero-order valence-corrected chi connectivity index (χ0v) is 17.7. The number of benzene rings is 1. The second-order valence-corrected chi connectivity index (χ2v) is 14.2. The Kier molecular flexibility index (Phi) is 5.47. The van der Waals surface area contributed by atoms with Crippen LogP contribution in [-0.4, -0.2) is 49.6 Å². The number of fused-ring (bicyclic) bond motifs is 3. The zero-order chi connectivity index (χ0) is 18.9. The molecule has 0 aliphatic heterocycles. The molecule has 0 bridgehead atoms. The van der Waals surface area contributed by atoms with Crippen molar-refractivity contribution in [1.29, 1.82) is 0 Å². The van der Waals surface area contributed by atoms with Gasteiger partial charge < -0.3 is 4.74 Å². The number of aromatic nitrogens is 2. The molecule has 0 N–H and O–H groups in total. The number of ether oxygens (including phenoxy) is 1. The third kappa shape index (κ3) is 3.98. The number of nitrogens with zero attached hydrogens (tertiary/aromatic N) is 3. The number of carbonyl (C=O) groups is 1. The summed E-state index contributed by atoms with van der Waals surface area (Å²) in [5.41, 5.74) is 1.02. The Morgan fingerprint density at radius 3 is 2.77 bits per heavy atom. The quantitative estimate of drug-likeness (QED) is 0.344. The average Bonchev–Trinajstić information content (AvgIpc) is 3.20. The first kappa shape index (κ1) is 19.0. The first-order valence-corrected chi connectivity index (χ1v) is 13.1. The van der Waals surface area contributed by atoms with Gasteiger partial charge in [-0.25, -0.2) is 9.75 Å². The van der Waals surface area contributed by atoms with E-state index in [0.29, 0.717) is 11.6 Å². The molecule has 26 heavy (non-hydrogen) atoms. The molecule has 0 aliphatic rings. The highest BCUT2D eigenvalue weighted by atomic mass is 32.1. The van der Waals surface area contributed by atoms with Crippen molar-refractivity contribution < 1.29 is 14.4 Å². The molecule has 0 spiro atoms. The average molecular weight is 392 g/mol. The van der Waals surface area contributed by atoms with E-state index in [1.807, 2.05) is 29.1 Å². The molecule has 2 heterocycles. The van der Waals surface area contributed by atoms with Crippen molar-refractivity contribution in [3.63, 3.8) is 0 Å². The molecule has 0 radical (unpaired) electrons. The first-order chi connectivity index (χ1) is 12.3. The second-order valence-electron chi connectivity index (χ2n) is 7.50. The van der Waals surface area contributed by atoms with Gasteiger partial charge in [0, 0.05) is 37.2 Å². The molecule has 6 nitrogen and oxygen atoms in total. The monoisotopic (exact) mass is 391 g/mol. The van der Waals surface area contributed by atoms with Gasteiger partial charge in [0.25, 0.3) is 5.91 Å². The van der Waals surface area contributed by atoms with E-state index >= 15 is 0 Å². The molecule has 0 fully saturated rings. The van der Waals surface area contributed by atoms with E-state index in [4.69, 9.17) is 9.57 Å². The van der Waals surface area contributed by atoms with Gasteiger partial charge in [-0.2, -0.15) is 5.10 Å². The summed E-state index contributed by atoms with van der Waals surface area (Å²) >= 11 is 1.46. The minimum Gasteiger partial charge on any atom is -0.360 e. The molecule has 2 aromatic heterocycles. The largest absolute Gasteiger partial charge is 0.360 e. The number of thiophene rings is 1. The highest BCUT2D eigenvalue weighted by molar-refractivity contribution is 7.21. The molecule has 0 aliphatic carbocycles. The van der Waals surface area contributed by atoms with Crippen LogP contribution in [0.1, 0.15) is 9.67 Å². The molecule has 1 amide bonds. The number of carbonyl (C=O) groups excluding carboxylic acids is 1. The fraction of sp³-hybridized carbons (Fsp3) is 0.444. The van der Waals surface area contributed by atoms with Crippen LogP contribution in [0.25, 0.3) is 21.0 Å². The highest BCUT2D eigenvalue weighted by Gasteiger charge is 2.17. The smallest absolute Gasteiger partial charge is 0.287 e. The molecule has 0 unspecified atom stereocenters. The van der Waals surface area contributed by atoms with Gasteiger partial charge in [-0.1, -0.05) is 19.6 Å². The minimum absolute atomic E-state index is 0.149. The lowest BCUT2D eigenvalue weighted by Crippen LogP contribution is -2.24. The summed E-state index contributed by atoms with van der Waals surface area (Å²) in [4.78, 5) is 18.0. The summed E-state index contributed by atoms with van der Waals surface area (Å²) in [6.07, 6.45) is 1.85. The van der Waals surface area contributed by atoms with Crippen LogP contribution >= 0.6 is 11.3 Å². The van der Waals surface area contributed by atoms with Crippen LogP contribution in [0, 0.1) is 0 Å². The predicted molar refractivity (Wildman–Crippen MR) is 108 cm³/mol. The second kappa shape index (κ2) is 7.48. The SMILES string of the molecule is CON(C)C(=O)c1cc2c(ccc3c2cnn3COCC[Si](C)(C)C)s1. The maximum absolute atomic E-state index is 12.3. The summed E-state index contributed by atoms with van der Waals surface area (Å²) in [6.45, 7) is 8.23. The number of amides is 1. The van der Waals surface area contributed by atoms with Crippen LogP contribution < -0.4 is 0 Å². The Morgan fingerprint density at radius 2 is 2.08 bits per heavy atom. The summed E-state index contributed by atoms with van der Waals surface area (Å²) in [5, 5.41) is 7.78. The third-order valence-corrected chi connectivity index (χ3v) is 7.10. The van der Waals surface area contributed by atoms with Gasteiger partial charge in [-0.05, 0) is 24.2 Å². The Bertz CT molecular complexity index is 929. The number of rotatable bonds is 7. The standard InChI is InChI=1S/C18H25N3O3SSi/c1-20(23-2)18(22)17-10-13-14-11-19-21(12-24-8-9-26(3,4)5)15(14)6-7-16(13)25-17/h6-7,10-11H,8-9,12H2,1-5H3. The van der Waals surface area contributed by atoms with Gasteiger partial charge in [-0.3, -0.25) is 9.63 Å². The van der Waals surface area contributed by atoms with E-state index in [0.717, 1.165) is 33.6 Å². The lowest BCUT2D eigenvalue weighted by atomic mass is 10.2. The normalized spacial score (nSPS) is 12.2. The van der Waals surface area contributed by atoms with E-state index in [1.165, 1.54) is 23.5 Å². The predicted octanol–water partition coefficient (Wildman–Crippen LogP) is 4.20. The molecular formula is C18H25N3O3SSi. The molecule has 140 valence electrons. The van der Waals surface area contributed by atoms with E-state index in [-0.39, 0.29) is 5.91 Å². The number of hydrogen-bond acceptors (Lipinski definition) is 5. The molecule has 0 saturated carbocycles. The van der Waals surface area contributed by atoms with Gasteiger partial charge in [-0.15, -0.1) is 11.3 Å². The molecule has 0 atom stereocenters. The fourth-order valence-corrected chi connectivity index (χ4v) is 4.45. The van der Waals surface area contributed by atoms with E-state index in [1.54, 1.807) is 7.05 Å². The van der Waals surface area contributed by atoms with Crippen molar-refractivity contribution in [3.05, 3.63) is 29.3 Å². The highest BCUT2D eigenvalue weighted by Crippen LogP contribution is 2.32. The van der Waals surface area contributed by atoms with Crippen LogP contribution in [0.3, 0.4) is 0 Å². The lowest BCUT2D eigenvalue weighted by molar-refractivity contribution is -0.0753. The van der Waals surface area contributed by atoms with E-state index in [2.05, 4.69) is 24.7 Å². The molecule has 8 heteroatoms. The molecule has 1 aromatic carbocycles. The zero-order valence-electron chi connectivity index (χ0n) is 15.9. The van der Waals surface area contributed by atoms with Gasteiger partial charge in [0.05, 0.1) is 23.7 Å². The number of hydrogen-bond donors (Lipinski definition) is 0. The first-order valence-electron chi connectivity index (χ1n) is 8.58. The number of hydroxylamine groups is 2. The summed E-state index contributed by atoms with van der Waals surface area (Å²) in [6, 6.07) is 7.13. The van der Waals surface area contributed by atoms with Crippen LogP contribution in [0.5, 0.6) is 0 Å². The summed E-state index contributed by atoms with van der Waals surface area (Å²) < 4.78 is 8.76. The van der Waals surface area contributed by atoms with Gasteiger partial charge in [0.1, 0.15) is 6.73 Å². The van der Waals surface area contributed by atoms with Crippen LogP contribution in [0.15, 0.2) is 24.4 Å².